The van der Waals surface area contributed by atoms with Gasteiger partial charge in [0.1, 0.15) is 5.82 Å². The molecule has 7 heteroatoms. The van der Waals surface area contributed by atoms with Gasteiger partial charge in [0.15, 0.2) is 0 Å². The number of fused-ring (bicyclic) bond motifs is 1. The summed E-state index contributed by atoms with van der Waals surface area (Å²) in [6, 6.07) is 7.67. The molecule has 0 spiro atoms. The van der Waals surface area contributed by atoms with Crippen molar-refractivity contribution < 1.29 is 14.3 Å². The lowest BCUT2D eigenvalue weighted by atomic mass is 10.1. The number of nitrogens with one attached hydrogen (secondary N) is 1. The second-order valence-electron chi connectivity index (χ2n) is 7.39. The summed E-state index contributed by atoms with van der Waals surface area (Å²) in [7, 11) is 0. The molecule has 0 saturated heterocycles. The summed E-state index contributed by atoms with van der Waals surface area (Å²) in [4.78, 5) is 17.4. The van der Waals surface area contributed by atoms with Crippen LogP contribution in [0.25, 0.3) is 10.9 Å². The smallest absolute Gasteiger partial charge is 0.253 e. The van der Waals surface area contributed by atoms with Crippen LogP contribution in [0.5, 0.6) is 0 Å². The Morgan fingerprint density at radius 1 is 1.36 bits per heavy atom. The fourth-order valence-electron chi connectivity index (χ4n) is 3.99. The molecule has 6 nitrogen and oxygen atoms in total. The normalized spacial score (nSPS) is 21.9. The van der Waals surface area contributed by atoms with E-state index in [1.807, 2.05) is 23.9 Å². The fraction of sp³-hybridized carbons (Fsp3) is 0.381. The molecule has 2 aromatic heterocycles. The summed E-state index contributed by atoms with van der Waals surface area (Å²) in [6.07, 6.45) is 4.92. The molecule has 1 amide bonds. The van der Waals surface area contributed by atoms with Crippen molar-refractivity contribution in [2.24, 2.45) is 5.92 Å². The zero-order chi connectivity index (χ0) is 19.7. The van der Waals surface area contributed by atoms with E-state index in [2.05, 4.69) is 15.4 Å². The molecule has 0 aliphatic heterocycles. The number of nitrogens with zero attached hydrogens (tertiary/aromatic N) is 3. The van der Waals surface area contributed by atoms with Crippen LogP contribution < -0.4 is 5.32 Å². The number of benzene rings is 1. The van der Waals surface area contributed by atoms with Gasteiger partial charge in [-0.1, -0.05) is 6.92 Å². The van der Waals surface area contributed by atoms with Gasteiger partial charge < -0.3 is 10.4 Å². The van der Waals surface area contributed by atoms with E-state index in [1.165, 1.54) is 12.1 Å². The SMILES string of the molecule is CCc1nc2cc(F)ccc2cc1C(=O)N[C@@H]1CC(Cn2cccn2)C[C@H]1O. The van der Waals surface area contributed by atoms with E-state index >= 15 is 0 Å². The molecule has 2 heterocycles. The van der Waals surface area contributed by atoms with Gasteiger partial charge in [-0.25, -0.2) is 4.39 Å². The fourth-order valence-corrected chi connectivity index (χ4v) is 3.99. The van der Waals surface area contributed by atoms with Crippen molar-refractivity contribution in [3.05, 3.63) is 59.8 Å². The summed E-state index contributed by atoms with van der Waals surface area (Å²) in [5.74, 6) is -0.348. The Bertz CT molecular complexity index is 989. The number of carbonyl (C=O) groups is 1. The Morgan fingerprint density at radius 2 is 2.21 bits per heavy atom. The highest BCUT2D eigenvalue weighted by Crippen LogP contribution is 2.28. The quantitative estimate of drug-likeness (QED) is 0.711. The molecule has 146 valence electrons. The minimum absolute atomic E-state index is 0.251. The maximum atomic E-state index is 13.5. The molecular formula is C21H23FN4O2. The Hall–Kier alpha value is -2.80. The topological polar surface area (TPSA) is 80.0 Å². The monoisotopic (exact) mass is 382 g/mol. The Balaban J connectivity index is 1.50. The molecule has 4 rings (SSSR count). The summed E-state index contributed by atoms with van der Waals surface area (Å²) < 4.78 is 15.3. The minimum Gasteiger partial charge on any atom is -0.391 e. The third-order valence-electron chi connectivity index (χ3n) is 5.39. The predicted molar refractivity (Wildman–Crippen MR) is 103 cm³/mol. The van der Waals surface area contributed by atoms with Crippen LogP contribution in [0, 0.1) is 11.7 Å². The number of aliphatic hydroxyl groups excluding tert-OH is 1. The maximum Gasteiger partial charge on any atom is 0.253 e. The highest BCUT2D eigenvalue weighted by atomic mass is 19.1. The van der Waals surface area contributed by atoms with Crippen LogP contribution in [-0.2, 0) is 13.0 Å². The first-order chi connectivity index (χ1) is 13.5. The molecule has 1 unspecified atom stereocenters. The van der Waals surface area contributed by atoms with Gasteiger partial charge in [-0.15, -0.1) is 0 Å². The Labute approximate surface area is 162 Å². The average Bonchev–Trinajstić information content (AvgIpc) is 3.30. The lowest BCUT2D eigenvalue weighted by molar-refractivity contribution is 0.0871. The lowest BCUT2D eigenvalue weighted by Gasteiger charge is -2.18. The van der Waals surface area contributed by atoms with Crippen LogP contribution in [0.3, 0.4) is 0 Å². The van der Waals surface area contributed by atoms with E-state index in [4.69, 9.17) is 0 Å². The van der Waals surface area contributed by atoms with Crippen molar-refractivity contribution in [2.45, 2.75) is 44.9 Å². The zero-order valence-electron chi connectivity index (χ0n) is 15.7. The molecule has 1 aromatic carbocycles. The van der Waals surface area contributed by atoms with E-state index in [1.54, 1.807) is 18.3 Å². The molecule has 1 saturated carbocycles. The van der Waals surface area contributed by atoms with E-state index < -0.39 is 6.10 Å². The number of halogens is 1. The first-order valence-electron chi connectivity index (χ1n) is 9.59. The summed E-state index contributed by atoms with van der Waals surface area (Å²) >= 11 is 0. The van der Waals surface area contributed by atoms with Crippen LogP contribution in [0.4, 0.5) is 4.39 Å². The molecule has 28 heavy (non-hydrogen) atoms. The van der Waals surface area contributed by atoms with Crippen molar-refractivity contribution in [3.8, 4) is 0 Å². The van der Waals surface area contributed by atoms with Crippen LogP contribution >= 0.6 is 0 Å². The number of amides is 1. The van der Waals surface area contributed by atoms with E-state index in [9.17, 15) is 14.3 Å². The number of hydrogen-bond acceptors (Lipinski definition) is 4. The Kier molecular flexibility index (Phi) is 5.09. The number of carbonyl (C=O) groups excluding carboxylic acids is 1. The van der Waals surface area contributed by atoms with Gasteiger partial charge in [0.2, 0.25) is 0 Å². The van der Waals surface area contributed by atoms with Crippen LogP contribution in [0.15, 0.2) is 42.7 Å². The summed E-state index contributed by atoms with van der Waals surface area (Å²) in [5.41, 5.74) is 1.63. The number of aryl methyl sites for hydroxylation is 1. The van der Waals surface area contributed by atoms with Gasteiger partial charge in [0, 0.05) is 30.4 Å². The van der Waals surface area contributed by atoms with Crippen molar-refractivity contribution in [1.29, 1.82) is 0 Å². The molecular weight excluding hydrogens is 359 g/mol. The van der Waals surface area contributed by atoms with Gasteiger partial charge in [0.05, 0.1) is 28.9 Å². The molecule has 3 aromatic rings. The van der Waals surface area contributed by atoms with Crippen LogP contribution in [0.1, 0.15) is 35.8 Å². The first-order valence-corrected chi connectivity index (χ1v) is 9.59. The molecule has 1 fully saturated rings. The van der Waals surface area contributed by atoms with E-state index in [0.717, 1.165) is 6.54 Å². The van der Waals surface area contributed by atoms with E-state index in [-0.39, 0.29) is 23.7 Å². The van der Waals surface area contributed by atoms with Crippen LogP contribution in [0.2, 0.25) is 0 Å². The molecule has 0 radical (unpaired) electrons. The van der Waals surface area contributed by atoms with Gasteiger partial charge >= 0.3 is 0 Å². The van der Waals surface area contributed by atoms with Crippen molar-refractivity contribution >= 4 is 16.8 Å². The number of hydrogen-bond donors (Lipinski definition) is 2. The highest BCUT2D eigenvalue weighted by Gasteiger charge is 2.34. The third kappa shape index (κ3) is 3.75. The van der Waals surface area contributed by atoms with Crippen molar-refractivity contribution in [2.75, 3.05) is 0 Å². The number of aliphatic hydroxyl groups is 1. The zero-order valence-corrected chi connectivity index (χ0v) is 15.7. The maximum absolute atomic E-state index is 13.5. The summed E-state index contributed by atoms with van der Waals surface area (Å²) in [6.45, 7) is 2.63. The standard InChI is InChI=1S/C21H23FN4O2/c1-2-17-16(10-14-4-5-15(22)11-18(14)24-17)21(28)25-19-8-13(9-20(19)27)12-26-7-3-6-23-26/h3-7,10-11,13,19-20,27H,2,8-9,12H2,1H3,(H,25,28)/t13?,19-,20-/m1/s1. The number of aromatic nitrogens is 3. The first kappa shape index (κ1) is 18.6. The molecule has 3 atom stereocenters. The molecule has 2 N–H and O–H groups in total. The molecule has 1 aliphatic carbocycles. The average molecular weight is 382 g/mol. The van der Waals surface area contributed by atoms with Gasteiger partial charge in [-0.3, -0.25) is 14.5 Å². The second-order valence-corrected chi connectivity index (χ2v) is 7.39. The lowest BCUT2D eigenvalue weighted by Crippen LogP contribution is -2.40. The van der Waals surface area contributed by atoms with Gasteiger partial charge in [0.25, 0.3) is 5.91 Å². The van der Waals surface area contributed by atoms with Crippen molar-refractivity contribution in [1.82, 2.24) is 20.1 Å². The largest absolute Gasteiger partial charge is 0.391 e. The van der Waals surface area contributed by atoms with Gasteiger partial charge in [-0.2, -0.15) is 5.10 Å². The van der Waals surface area contributed by atoms with Crippen LogP contribution in [-0.4, -0.2) is 37.9 Å². The minimum atomic E-state index is -0.586. The third-order valence-corrected chi connectivity index (χ3v) is 5.39. The predicted octanol–water partition coefficient (Wildman–Crippen LogP) is 2.70. The highest BCUT2D eigenvalue weighted by molar-refractivity contribution is 5.98. The number of rotatable bonds is 5. The molecule has 0 bridgehead atoms. The second kappa shape index (κ2) is 7.67. The summed E-state index contributed by atoms with van der Waals surface area (Å²) in [5, 5.41) is 18.3. The van der Waals surface area contributed by atoms with E-state index in [0.29, 0.717) is 41.4 Å². The van der Waals surface area contributed by atoms with Crippen molar-refractivity contribution in [3.63, 3.8) is 0 Å². The Morgan fingerprint density at radius 3 is 2.96 bits per heavy atom. The van der Waals surface area contributed by atoms with Gasteiger partial charge in [-0.05, 0) is 49.4 Å². The number of pyridine rings is 1. The molecule has 1 aliphatic rings.